The molecule has 0 radical (unpaired) electrons. The quantitative estimate of drug-likeness (QED) is 0.829. The summed E-state index contributed by atoms with van der Waals surface area (Å²) in [5, 5.41) is 9.02. The van der Waals surface area contributed by atoms with Gasteiger partial charge in [0.1, 0.15) is 5.82 Å². The molecular weight excluding hydrogens is 216 g/mol. The number of aliphatic carboxylic acids is 1. The molecule has 1 rings (SSSR count). The van der Waals surface area contributed by atoms with Crippen molar-refractivity contribution in [3.63, 3.8) is 0 Å². The van der Waals surface area contributed by atoms with E-state index < -0.39 is 11.4 Å². The number of nitrogens with zero attached hydrogens (tertiary/aromatic N) is 2. The van der Waals surface area contributed by atoms with E-state index in [4.69, 9.17) is 5.11 Å². The minimum Gasteiger partial charge on any atom is -0.481 e. The SMILES string of the molecule is CC(C)c1nccn1CCCC(C)(C)C(=O)O. The van der Waals surface area contributed by atoms with Crippen LogP contribution in [-0.2, 0) is 11.3 Å². The topological polar surface area (TPSA) is 55.1 Å². The molecule has 0 aliphatic carbocycles. The average molecular weight is 238 g/mol. The number of imidazole rings is 1. The van der Waals surface area contributed by atoms with Crippen LogP contribution in [0.5, 0.6) is 0 Å². The summed E-state index contributed by atoms with van der Waals surface area (Å²) in [6, 6.07) is 0. The fourth-order valence-corrected chi connectivity index (χ4v) is 1.81. The van der Waals surface area contributed by atoms with Crippen LogP contribution in [0, 0.1) is 5.41 Å². The molecule has 4 nitrogen and oxygen atoms in total. The Morgan fingerprint density at radius 2 is 2.18 bits per heavy atom. The predicted molar refractivity (Wildman–Crippen MR) is 67.0 cm³/mol. The van der Waals surface area contributed by atoms with Crippen LogP contribution >= 0.6 is 0 Å². The Hall–Kier alpha value is -1.32. The molecule has 1 N–H and O–H groups in total. The van der Waals surface area contributed by atoms with Crippen molar-refractivity contribution in [2.75, 3.05) is 0 Å². The fourth-order valence-electron chi connectivity index (χ4n) is 1.81. The van der Waals surface area contributed by atoms with Gasteiger partial charge in [0, 0.05) is 24.9 Å². The van der Waals surface area contributed by atoms with Crippen molar-refractivity contribution in [1.82, 2.24) is 9.55 Å². The lowest BCUT2D eigenvalue weighted by atomic mass is 9.88. The van der Waals surface area contributed by atoms with Gasteiger partial charge in [-0.25, -0.2) is 4.98 Å². The van der Waals surface area contributed by atoms with E-state index in [0.29, 0.717) is 12.3 Å². The maximum atomic E-state index is 11.0. The van der Waals surface area contributed by atoms with E-state index in [9.17, 15) is 4.79 Å². The highest BCUT2D eigenvalue weighted by molar-refractivity contribution is 5.73. The van der Waals surface area contributed by atoms with Crippen molar-refractivity contribution in [2.24, 2.45) is 5.41 Å². The smallest absolute Gasteiger partial charge is 0.309 e. The second-order valence-corrected chi connectivity index (χ2v) is 5.43. The number of rotatable bonds is 6. The van der Waals surface area contributed by atoms with Gasteiger partial charge in [-0.2, -0.15) is 0 Å². The van der Waals surface area contributed by atoms with Gasteiger partial charge in [-0.05, 0) is 26.7 Å². The number of carbonyl (C=O) groups is 1. The molecule has 0 spiro atoms. The van der Waals surface area contributed by atoms with E-state index in [-0.39, 0.29) is 0 Å². The lowest BCUT2D eigenvalue weighted by Gasteiger charge is -2.19. The molecule has 17 heavy (non-hydrogen) atoms. The van der Waals surface area contributed by atoms with Gasteiger partial charge in [-0.3, -0.25) is 4.79 Å². The number of aromatic nitrogens is 2. The van der Waals surface area contributed by atoms with Gasteiger partial charge < -0.3 is 9.67 Å². The molecule has 0 aliphatic heterocycles. The van der Waals surface area contributed by atoms with Gasteiger partial charge in [0.15, 0.2) is 0 Å². The first-order chi connectivity index (χ1) is 7.84. The number of aryl methyl sites for hydroxylation is 1. The maximum Gasteiger partial charge on any atom is 0.309 e. The van der Waals surface area contributed by atoms with Gasteiger partial charge in [0.2, 0.25) is 0 Å². The molecule has 0 bridgehead atoms. The molecule has 1 heterocycles. The summed E-state index contributed by atoms with van der Waals surface area (Å²) in [5.41, 5.74) is -0.640. The summed E-state index contributed by atoms with van der Waals surface area (Å²) in [7, 11) is 0. The lowest BCUT2D eigenvalue weighted by Crippen LogP contribution is -2.24. The van der Waals surface area contributed by atoms with Crippen molar-refractivity contribution in [3.05, 3.63) is 18.2 Å². The molecule has 1 aromatic heterocycles. The third-order valence-corrected chi connectivity index (χ3v) is 3.04. The van der Waals surface area contributed by atoms with Crippen LogP contribution in [-0.4, -0.2) is 20.6 Å². The van der Waals surface area contributed by atoms with E-state index >= 15 is 0 Å². The van der Waals surface area contributed by atoms with Crippen molar-refractivity contribution in [2.45, 2.75) is 53.0 Å². The summed E-state index contributed by atoms with van der Waals surface area (Å²) in [6.45, 7) is 8.60. The molecule has 0 saturated heterocycles. The Balaban J connectivity index is 2.52. The van der Waals surface area contributed by atoms with Gasteiger partial charge in [0.05, 0.1) is 5.41 Å². The predicted octanol–water partition coefficient (Wildman–Crippen LogP) is 2.90. The van der Waals surface area contributed by atoms with Crippen LogP contribution in [0.2, 0.25) is 0 Å². The Morgan fingerprint density at radius 3 is 2.71 bits per heavy atom. The van der Waals surface area contributed by atoms with E-state index in [0.717, 1.165) is 18.8 Å². The Labute approximate surface area is 103 Å². The highest BCUT2D eigenvalue weighted by Crippen LogP contribution is 2.23. The van der Waals surface area contributed by atoms with Crippen LogP contribution < -0.4 is 0 Å². The van der Waals surface area contributed by atoms with E-state index in [1.54, 1.807) is 20.0 Å². The van der Waals surface area contributed by atoms with E-state index in [1.807, 2.05) is 6.20 Å². The zero-order chi connectivity index (χ0) is 13.1. The largest absolute Gasteiger partial charge is 0.481 e. The van der Waals surface area contributed by atoms with Crippen LogP contribution in [0.25, 0.3) is 0 Å². The zero-order valence-electron chi connectivity index (χ0n) is 11.1. The first kappa shape index (κ1) is 13.7. The van der Waals surface area contributed by atoms with Crippen LogP contribution in [0.3, 0.4) is 0 Å². The van der Waals surface area contributed by atoms with Crippen LogP contribution in [0.15, 0.2) is 12.4 Å². The maximum absolute atomic E-state index is 11.0. The molecule has 0 saturated carbocycles. The number of hydrogen-bond acceptors (Lipinski definition) is 2. The van der Waals surface area contributed by atoms with Gasteiger partial charge in [-0.1, -0.05) is 13.8 Å². The average Bonchev–Trinajstić information content (AvgIpc) is 2.65. The van der Waals surface area contributed by atoms with Crippen molar-refractivity contribution in [3.8, 4) is 0 Å². The summed E-state index contributed by atoms with van der Waals surface area (Å²) >= 11 is 0. The first-order valence-corrected chi connectivity index (χ1v) is 6.09. The first-order valence-electron chi connectivity index (χ1n) is 6.09. The van der Waals surface area contributed by atoms with Gasteiger partial charge >= 0.3 is 5.97 Å². The third-order valence-electron chi connectivity index (χ3n) is 3.04. The summed E-state index contributed by atoms with van der Waals surface area (Å²) in [5.74, 6) is 0.739. The highest BCUT2D eigenvalue weighted by atomic mass is 16.4. The van der Waals surface area contributed by atoms with Gasteiger partial charge in [-0.15, -0.1) is 0 Å². The fraction of sp³-hybridized carbons (Fsp3) is 0.692. The van der Waals surface area contributed by atoms with Crippen LogP contribution in [0.4, 0.5) is 0 Å². The minimum absolute atomic E-state index is 0.400. The third kappa shape index (κ3) is 3.58. The van der Waals surface area contributed by atoms with E-state index in [1.165, 1.54) is 0 Å². The Morgan fingerprint density at radius 1 is 1.53 bits per heavy atom. The summed E-state index contributed by atoms with van der Waals surface area (Å²) in [4.78, 5) is 15.3. The van der Waals surface area contributed by atoms with E-state index in [2.05, 4.69) is 23.4 Å². The van der Waals surface area contributed by atoms with Crippen molar-refractivity contribution in [1.29, 1.82) is 0 Å². The molecule has 0 atom stereocenters. The van der Waals surface area contributed by atoms with Crippen molar-refractivity contribution < 1.29 is 9.90 Å². The summed E-state index contributed by atoms with van der Waals surface area (Å²) in [6.07, 6.45) is 5.30. The minimum atomic E-state index is -0.729. The monoisotopic (exact) mass is 238 g/mol. The molecule has 4 heteroatoms. The summed E-state index contributed by atoms with van der Waals surface area (Å²) < 4.78 is 2.11. The zero-order valence-corrected chi connectivity index (χ0v) is 11.1. The molecule has 0 amide bonds. The van der Waals surface area contributed by atoms with Crippen LogP contribution in [0.1, 0.15) is 52.3 Å². The Bertz CT molecular complexity index is 381. The Kier molecular flexibility index (Phi) is 4.32. The molecule has 1 aromatic rings. The number of hydrogen-bond donors (Lipinski definition) is 1. The van der Waals surface area contributed by atoms with Crippen molar-refractivity contribution >= 4 is 5.97 Å². The standard InChI is InChI=1S/C13H22N2O2/c1-10(2)11-14-7-9-15(11)8-5-6-13(3,4)12(16)17/h7,9-10H,5-6,8H2,1-4H3,(H,16,17). The molecule has 0 aromatic carbocycles. The van der Waals surface area contributed by atoms with Gasteiger partial charge in [0.25, 0.3) is 0 Å². The highest BCUT2D eigenvalue weighted by Gasteiger charge is 2.26. The second-order valence-electron chi connectivity index (χ2n) is 5.43. The normalized spacial score (nSPS) is 12.1. The molecule has 96 valence electrons. The molecular formula is C13H22N2O2. The molecule has 0 unspecified atom stereocenters. The molecule has 0 aliphatic rings. The lowest BCUT2D eigenvalue weighted by molar-refractivity contribution is -0.147. The second kappa shape index (κ2) is 5.34. The number of carboxylic acid groups (broad SMARTS) is 1. The number of carboxylic acids is 1. The molecule has 0 fully saturated rings.